The number of para-hydroxylation sites is 1. The normalized spacial score (nSPS) is 10.1. The fourth-order valence-electron chi connectivity index (χ4n) is 1.23. The van der Waals surface area contributed by atoms with Crippen LogP contribution in [0.2, 0.25) is 0 Å². The number of nitrogens with one attached hydrogen (secondary N) is 1. The SMILES string of the molecule is COc1cccc(-c2cn[nH]n2)c1O. The molecule has 72 valence electrons. The quantitative estimate of drug-likeness (QED) is 0.747. The van der Waals surface area contributed by atoms with E-state index >= 15 is 0 Å². The smallest absolute Gasteiger partial charge is 0.167 e. The Morgan fingerprint density at radius 2 is 2.29 bits per heavy atom. The average Bonchev–Trinajstić information content (AvgIpc) is 2.71. The van der Waals surface area contributed by atoms with Gasteiger partial charge in [-0.25, -0.2) is 0 Å². The van der Waals surface area contributed by atoms with Crippen LogP contribution < -0.4 is 4.74 Å². The Balaban J connectivity index is 2.54. The molecule has 0 bridgehead atoms. The molecule has 0 amide bonds. The molecule has 0 atom stereocenters. The van der Waals surface area contributed by atoms with Crippen LogP contribution >= 0.6 is 0 Å². The van der Waals surface area contributed by atoms with Crippen molar-refractivity contribution in [2.75, 3.05) is 7.11 Å². The molecule has 1 aromatic heterocycles. The summed E-state index contributed by atoms with van der Waals surface area (Å²) in [5.41, 5.74) is 1.18. The van der Waals surface area contributed by atoms with E-state index in [1.165, 1.54) is 13.3 Å². The molecular weight excluding hydrogens is 182 g/mol. The van der Waals surface area contributed by atoms with Gasteiger partial charge in [0.25, 0.3) is 0 Å². The summed E-state index contributed by atoms with van der Waals surface area (Å²) in [5, 5.41) is 19.8. The summed E-state index contributed by atoms with van der Waals surface area (Å²) in [7, 11) is 1.50. The standard InChI is InChI=1S/C9H9N3O2/c1-14-8-4-2-3-6(9(8)13)7-5-10-12-11-7/h2-5,13H,1H3,(H,10,11,12). The molecule has 14 heavy (non-hydrogen) atoms. The second-order valence-corrected chi connectivity index (χ2v) is 2.71. The van der Waals surface area contributed by atoms with Crippen molar-refractivity contribution < 1.29 is 9.84 Å². The van der Waals surface area contributed by atoms with E-state index in [1.54, 1.807) is 18.2 Å². The maximum atomic E-state index is 9.75. The maximum absolute atomic E-state index is 9.75. The molecule has 0 saturated heterocycles. The minimum absolute atomic E-state index is 0.0731. The van der Waals surface area contributed by atoms with Crippen LogP contribution in [-0.4, -0.2) is 27.6 Å². The van der Waals surface area contributed by atoms with E-state index in [0.29, 0.717) is 17.0 Å². The molecule has 1 aromatic carbocycles. The molecule has 0 unspecified atom stereocenters. The summed E-state index contributed by atoms with van der Waals surface area (Å²) >= 11 is 0. The van der Waals surface area contributed by atoms with E-state index in [4.69, 9.17) is 4.74 Å². The van der Waals surface area contributed by atoms with Gasteiger partial charge in [-0.3, -0.25) is 0 Å². The first-order valence-electron chi connectivity index (χ1n) is 4.05. The van der Waals surface area contributed by atoms with Crippen molar-refractivity contribution in [1.82, 2.24) is 15.4 Å². The van der Waals surface area contributed by atoms with E-state index in [9.17, 15) is 5.11 Å². The van der Waals surface area contributed by atoms with Gasteiger partial charge in [0.15, 0.2) is 11.5 Å². The Hall–Kier alpha value is -2.04. The molecular formula is C9H9N3O2. The van der Waals surface area contributed by atoms with Gasteiger partial charge in [0.05, 0.1) is 13.3 Å². The Morgan fingerprint density at radius 1 is 1.43 bits per heavy atom. The summed E-state index contributed by atoms with van der Waals surface area (Å²) in [4.78, 5) is 0. The Labute approximate surface area is 80.3 Å². The lowest BCUT2D eigenvalue weighted by molar-refractivity contribution is 0.374. The highest BCUT2D eigenvalue weighted by molar-refractivity contribution is 5.69. The number of aromatic nitrogens is 3. The first-order valence-corrected chi connectivity index (χ1v) is 4.05. The van der Waals surface area contributed by atoms with Crippen molar-refractivity contribution in [2.24, 2.45) is 0 Å². The number of phenols is 1. The Kier molecular flexibility index (Phi) is 2.06. The van der Waals surface area contributed by atoms with Crippen molar-refractivity contribution in [1.29, 1.82) is 0 Å². The Bertz CT molecular complexity index is 426. The monoisotopic (exact) mass is 191 g/mol. The molecule has 0 aliphatic carbocycles. The summed E-state index contributed by atoms with van der Waals surface area (Å²) in [6.45, 7) is 0. The van der Waals surface area contributed by atoms with E-state index in [1.807, 2.05) is 0 Å². The number of benzene rings is 1. The van der Waals surface area contributed by atoms with Gasteiger partial charge in [0.2, 0.25) is 0 Å². The fourth-order valence-corrected chi connectivity index (χ4v) is 1.23. The summed E-state index contributed by atoms with van der Waals surface area (Å²) in [5.74, 6) is 0.495. The van der Waals surface area contributed by atoms with Gasteiger partial charge in [-0.2, -0.15) is 15.4 Å². The van der Waals surface area contributed by atoms with Crippen LogP contribution in [0, 0.1) is 0 Å². The zero-order valence-corrected chi connectivity index (χ0v) is 7.56. The third-order valence-electron chi connectivity index (χ3n) is 1.91. The van der Waals surface area contributed by atoms with Gasteiger partial charge < -0.3 is 9.84 Å². The van der Waals surface area contributed by atoms with Crippen LogP contribution in [0.25, 0.3) is 11.3 Å². The van der Waals surface area contributed by atoms with Gasteiger partial charge >= 0.3 is 0 Å². The lowest BCUT2D eigenvalue weighted by Crippen LogP contribution is -1.86. The number of ether oxygens (including phenoxy) is 1. The van der Waals surface area contributed by atoms with Crippen molar-refractivity contribution in [3.05, 3.63) is 24.4 Å². The first kappa shape index (κ1) is 8.55. The number of aromatic hydroxyl groups is 1. The van der Waals surface area contributed by atoms with Gasteiger partial charge in [-0.05, 0) is 12.1 Å². The number of hydrogen-bond donors (Lipinski definition) is 2. The fraction of sp³-hybridized carbons (Fsp3) is 0.111. The molecule has 5 heteroatoms. The van der Waals surface area contributed by atoms with E-state index in [2.05, 4.69) is 15.4 Å². The topological polar surface area (TPSA) is 71.0 Å². The molecule has 1 heterocycles. The van der Waals surface area contributed by atoms with Crippen molar-refractivity contribution in [2.45, 2.75) is 0 Å². The predicted molar refractivity (Wildman–Crippen MR) is 50.0 cm³/mol. The highest BCUT2D eigenvalue weighted by Gasteiger charge is 2.10. The molecule has 0 fully saturated rings. The lowest BCUT2D eigenvalue weighted by atomic mass is 10.1. The molecule has 2 N–H and O–H groups in total. The number of aromatic amines is 1. The lowest BCUT2D eigenvalue weighted by Gasteiger charge is -2.05. The zero-order chi connectivity index (χ0) is 9.97. The van der Waals surface area contributed by atoms with Crippen molar-refractivity contribution in [3.8, 4) is 22.8 Å². The van der Waals surface area contributed by atoms with Crippen LogP contribution in [0.15, 0.2) is 24.4 Å². The van der Waals surface area contributed by atoms with E-state index in [-0.39, 0.29) is 5.75 Å². The van der Waals surface area contributed by atoms with Crippen LogP contribution in [0.5, 0.6) is 11.5 Å². The van der Waals surface area contributed by atoms with E-state index < -0.39 is 0 Å². The maximum Gasteiger partial charge on any atom is 0.167 e. The summed E-state index contributed by atoms with van der Waals surface area (Å²) in [6.07, 6.45) is 1.54. The number of H-pyrrole nitrogens is 1. The number of phenolic OH excluding ortho intramolecular Hbond substituents is 1. The van der Waals surface area contributed by atoms with Crippen LogP contribution in [0.3, 0.4) is 0 Å². The van der Waals surface area contributed by atoms with Gasteiger partial charge in [0.1, 0.15) is 5.69 Å². The third-order valence-corrected chi connectivity index (χ3v) is 1.91. The number of methoxy groups -OCH3 is 1. The molecule has 2 rings (SSSR count). The molecule has 0 spiro atoms. The van der Waals surface area contributed by atoms with Crippen molar-refractivity contribution in [3.63, 3.8) is 0 Å². The highest BCUT2D eigenvalue weighted by Crippen LogP contribution is 2.35. The van der Waals surface area contributed by atoms with Gasteiger partial charge in [-0.1, -0.05) is 6.07 Å². The number of rotatable bonds is 2. The van der Waals surface area contributed by atoms with Crippen LogP contribution in [0.4, 0.5) is 0 Å². The molecule has 0 aliphatic rings. The molecule has 2 aromatic rings. The van der Waals surface area contributed by atoms with Gasteiger partial charge in [0, 0.05) is 5.56 Å². The zero-order valence-electron chi connectivity index (χ0n) is 7.56. The summed E-state index contributed by atoms with van der Waals surface area (Å²) < 4.78 is 4.98. The minimum atomic E-state index is 0.0731. The van der Waals surface area contributed by atoms with E-state index in [0.717, 1.165) is 0 Å². The van der Waals surface area contributed by atoms with Crippen LogP contribution in [0.1, 0.15) is 0 Å². The van der Waals surface area contributed by atoms with Crippen LogP contribution in [-0.2, 0) is 0 Å². The molecule has 0 aliphatic heterocycles. The number of hydrogen-bond acceptors (Lipinski definition) is 4. The second-order valence-electron chi connectivity index (χ2n) is 2.71. The second kappa shape index (κ2) is 3.37. The molecule has 0 radical (unpaired) electrons. The first-order chi connectivity index (χ1) is 6.83. The highest BCUT2D eigenvalue weighted by atomic mass is 16.5. The minimum Gasteiger partial charge on any atom is -0.504 e. The predicted octanol–water partition coefficient (Wildman–Crippen LogP) is 1.19. The average molecular weight is 191 g/mol. The molecule has 0 saturated carbocycles. The van der Waals surface area contributed by atoms with Gasteiger partial charge in [-0.15, -0.1) is 0 Å². The number of nitrogens with zero attached hydrogens (tertiary/aromatic N) is 2. The summed E-state index contributed by atoms with van der Waals surface area (Å²) in [6, 6.07) is 5.21. The Morgan fingerprint density at radius 3 is 2.93 bits per heavy atom. The molecule has 5 nitrogen and oxygen atoms in total. The largest absolute Gasteiger partial charge is 0.504 e. The van der Waals surface area contributed by atoms with Crippen molar-refractivity contribution >= 4 is 0 Å². The third kappa shape index (κ3) is 1.28.